The molecule has 0 saturated heterocycles. The van der Waals surface area contributed by atoms with Crippen molar-refractivity contribution in [3.05, 3.63) is 34.3 Å². The van der Waals surface area contributed by atoms with E-state index in [1.54, 1.807) is 0 Å². The van der Waals surface area contributed by atoms with Crippen molar-refractivity contribution in [2.45, 2.75) is 43.0 Å². The second-order valence-electron chi connectivity index (χ2n) is 5.18. The lowest BCUT2D eigenvalue weighted by Gasteiger charge is -2.35. The first-order chi connectivity index (χ1) is 9.08. The first-order valence-electron chi connectivity index (χ1n) is 6.72. The molecule has 2 atom stereocenters. The molecule has 1 fully saturated rings. The zero-order valence-electron chi connectivity index (χ0n) is 11.1. The van der Waals surface area contributed by atoms with Crippen LogP contribution in [0.15, 0.2) is 28.7 Å². The number of hydrogen-bond donors (Lipinski definition) is 0. The van der Waals surface area contributed by atoms with E-state index in [-0.39, 0.29) is 5.91 Å². The highest BCUT2D eigenvalue weighted by molar-refractivity contribution is 9.10. The van der Waals surface area contributed by atoms with Crippen LogP contribution in [0, 0.1) is 0 Å². The van der Waals surface area contributed by atoms with Gasteiger partial charge >= 0.3 is 0 Å². The van der Waals surface area contributed by atoms with Crippen molar-refractivity contribution in [3.63, 3.8) is 0 Å². The van der Waals surface area contributed by atoms with E-state index in [0.717, 1.165) is 16.5 Å². The van der Waals surface area contributed by atoms with Crippen LogP contribution >= 0.6 is 31.9 Å². The maximum atomic E-state index is 12.4. The van der Waals surface area contributed by atoms with Crippen molar-refractivity contribution in [3.8, 4) is 0 Å². The van der Waals surface area contributed by atoms with Gasteiger partial charge in [0.2, 0.25) is 5.91 Å². The Bertz CT molecular complexity index is 450. The Morgan fingerprint density at radius 3 is 2.79 bits per heavy atom. The predicted octanol–water partition coefficient (Wildman–Crippen LogP) is 4.16. The Labute approximate surface area is 131 Å². The first-order valence-corrected chi connectivity index (χ1v) is 8.43. The summed E-state index contributed by atoms with van der Waals surface area (Å²) in [5, 5.41) is 0. The van der Waals surface area contributed by atoms with Gasteiger partial charge < -0.3 is 4.90 Å². The quantitative estimate of drug-likeness (QED) is 0.712. The minimum absolute atomic E-state index is 0.203. The molecule has 104 valence electrons. The second-order valence-corrected chi connectivity index (χ2v) is 7.27. The summed E-state index contributed by atoms with van der Waals surface area (Å²) in [5.41, 5.74) is 1.06. The number of benzene rings is 1. The summed E-state index contributed by atoms with van der Waals surface area (Å²) in [7, 11) is 1.94. The topological polar surface area (TPSA) is 20.3 Å². The molecule has 0 heterocycles. The van der Waals surface area contributed by atoms with Crippen molar-refractivity contribution in [1.29, 1.82) is 0 Å². The Hall–Kier alpha value is -0.350. The molecule has 0 bridgehead atoms. The molecule has 0 aromatic heterocycles. The van der Waals surface area contributed by atoms with Gasteiger partial charge in [-0.05, 0) is 30.5 Å². The van der Waals surface area contributed by atoms with Crippen molar-refractivity contribution in [2.24, 2.45) is 0 Å². The molecule has 0 spiro atoms. The zero-order valence-corrected chi connectivity index (χ0v) is 14.3. The fourth-order valence-electron chi connectivity index (χ4n) is 2.63. The van der Waals surface area contributed by atoms with Crippen LogP contribution in [0.1, 0.15) is 31.2 Å². The molecule has 1 aliphatic carbocycles. The number of halogens is 2. The van der Waals surface area contributed by atoms with E-state index in [1.165, 1.54) is 19.3 Å². The van der Waals surface area contributed by atoms with Gasteiger partial charge in [0.05, 0.1) is 6.42 Å². The van der Waals surface area contributed by atoms with Crippen LogP contribution in [0.2, 0.25) is 0 Å². The van der Waals surface area contributed by atoms with E-state index in [4.69, 9.17) is 0 Å². The molecule has 0 N–H and O–H groups in total. The van der Waals surface area contributed by atoms with Crippen molar-refractivity contribution in [1.82, 2.24) is 4.90 Å². The van der Waals surface area contributed by atoms with E-state index in [9.17, 15) is 4.79 Å². The Kier molecular flexibility index (Phi) is 5.46. The van der Waals surface area contributed by atoms with E-state index >= 15 is 0 Å². The Morgan fingerprint density at radius 2 is 2.11 bits per heavy atom. The summed E-state index contributed by atoms with van der Waals surface area (Å²) in [5.74, 6) is 0.203. The van der Waals surface area contributed by atoms with Gasteiger partial charge in [0.15, 0.2) is 0 Å². The standard InChI is InChI=1S/C15H19Br2NO/c1-18(14-8-3-2-7-13(14)17)15(19)10-11-5-4-6-12(16)9-11/h4-6,9,13-14H,2-3,7-8,10H2,1H3. The minimum atomic E-state index is 0.203. The minimum Gasteiger partial charge on any atom is -0.341 e. The van der Waals surface area contributed by atoms with E-state index in [2.05, 4.69) is 31.9 Å². The van der Waals surface area contributed by atoms with Crippen LogP contribution in [0.4, 0.5) is 0 Å². The highest BCUT2D eigenvalue weighted by Gasteiger charge is 2.28. The van der Waals surface area contributed by atoms with Gasteiger partial charge in [-0.1, -0.05) is 56.8 Å². The van der Waals surface area contributed by atoms with Crippen LogP contribution in [0.3, 0.4) is 0 Å². The van der Waals surface area contributed by atoms with Crippen LogP contribution in [0.25, 0.3) is 0 Å². The maximum Gasteiger partial charge on any atom is 0.227 e. The average Bonchev–Trinajstić information content (AvgIpc) is 2.38. The Morgan fingerprint density at radius 1 is 1.37 bits per heavy atom. The van der Waals surface area contributed by atoms with Crippen molar-refractivity contribution in [2.75, 3.05) is 7.05 Å². The molecule has 1 saturated carbocycles. The SMILES string of the molecule is CN(C(=O)Cc1cccc(Br)c1)C1CCCCC1Br. The molecule has 2 rings (SSSR count). The molecule has 2 unspecified atom stereocenters. The van der Waals surface area contributed by atoms with E-state index < -0.39 is 0 Å². The predicted molar refractivity (Wildman–Crippen MR) is 85.6 cm³/mol. The van der Waals surface area contributed by atoms with Crippen LogP contribution in [0.5, 0.6) is 0 Å². The molecule has 1 amide bonds. The molecule has 4 heteroatoms. The summed E-state index contributed by atoms with van der Waals surface area (Å²) < 4.78 is 1.02. The zero-order chi connectivity index (χ0) is 13.8. The normalized spacial score (nSPS) is 23.1. The third kappa shape index (κ3) is 4.06. The smallest absolute Gasteiger partial charge is 0.227 e. The number of carbonyl (C=O) groups is 1. The van der Waals surface area contributed by atoms with Gasteiger partial charge in [0, 0.05) is 22.4 Å². The molecule has 1 aromatic carbocycles. The molecule has 19 heavy (non-hydrogen) atoms. The lowest BCUT2D eigenvalue weighted by atomic mass is 9.94. The number of rotatable bonds is 3. The summed E-state index contributed by atoms with van der Waals surface area (Å²) >= 11 is 7.16. The molecule has 0 radical (unpaired) electrons. The molecular weight excluding hydrogens is 370 g/mol. The molecular formula is C15H19Br2NO. The van der Waals surface area contributed by atoms with E-state index in [1.807, 2.05) is 36.2 Å². The number of amides is 1. The largest absolute Gasteiger partial charge is 0.341 e. The van der Waals surface area contributed by atoms with Crippen LogP contribution in [-0.2, 0) is 11.2 Å². The maximum absolute atomic E-state index is 12.4. The van der Waals surface area contributed by atoms with Gasteiger partial charge in [-0.3, -0.25) is 4.79 Å². The second kappa shape index (κ2) is 6.89. The monoisotopic (exact) mass is 387 g/mol. The van der Waals surface area contributed by atoms with E-state index in [0.29, 0.717) is 17.3 Å². The number of carbonyl (C=O) groups excluding carboxylic acids is 1. The number of hydrogen-bond acceptors (Lipinski definition) is 1. The number of alkyl halides is 1. The summed E-state index contributed by atoms with van der Waals surface area (Å²) in [6.45, 7) is 0. The number of nitrogens with zero attached hydrogens (tertiary/aromatic N) is 1. The van der Waals surface area contributed by atoms with Crippen molar-refractivity contribution < 1.29 is 4.79 Å². The highest BCUT2D eigenvalue weighted by Crippen LogP contribution is 2.28. The van der Waals surface area contributed by atoms with Gasteiger partial charge in [0.1, 0.15) is 0 Å². The lowest BCUT2D eigenvalue weighted by molar-refractivity contribution is -0.131. The summed E-state index contributed by atoms with van der Waals surface area (Å²) in [4.78, 5) is 14.7. The fraction of sp³-hybridized carbons (Fsp3) is 0.533. The molecule has 1 aromatic rings. The van der Waals surface area contributed by atoms with Gasteiger partial charge in [-0.2, -0.15) is 0 Å². The van der Waals surface area contributed by atoms with Crippen LogP contribution < -0.4 is 0 Å². The summed E-state index contributed by atoms with van der Waals surface area (Å²) in [6.07, 6.45) is 5.24. The fourth-order valence-corrected chi connectivity index (χ4v) is 4.02. The van der Waals surface area contributed by atoms with Gasteiger partial charge in [-0.25, -0.2) is 0 Å². The highest BCUT2D eigenvalue weighted by atomic mass is 79.9. The average molecular weight is 389 g/mol. The lowest BCUT2D eigenvalue weighted by Crippen LogP contribution is -2.44. The van der Waals surface area contributed by atoms with Crippen LogP contribution in [-0.4, -0.2) is 28.7 Å². The van der Waals surface area contributed by atoms with Crippen molar-refractivity contribution >= 4 is 37.8 Å². The Balaban J connectivity index is 1.99. The molecule has 2 nitrogen and oxygen atoms in total. The van der Waals surface area contributed by atoms with Gasteiger partial charge in [-0.15, -0.1) is 0 Å². The molecule has 1 aliphatic rings. The third-order valence-electron chi connectivity index (χ3n) is 3.78. The summed E-state index contributed by atoms with van der Waals surface area (Å²) in [6, 6.07) is 8.31. The molecule has 0 aliphatic heterocycles. The van der Waals surface area contributed by atoms with Gasteiger partial charge in [0.25, 0.3) is 0 Å². The number of likely N-dealkylation sites (N-methyl/N-ethyl adjacent to an activating group) is 1. The third-order valence-corrected chi connectivity index (χ3v) is 5.34. The first kappa shape index (κ1) is 15.0.